The van der Waals surface area contributed by atoms with Crippen molar-refractivity contribution in [1.29, 1.82) is 0 Å². The fourth-order valence-electron chi connectivity index (χ4n) is 6.65. The molecule has 2 N–H and O–H groups in total. The Balaban J connectivity index is 1.44. The molecule has 2 bridgehead atoms. The van der Waals surface area contributed by atoms with Crippen LogP contribution in [0.1, 0.15) is 85.8 Å². The lowest BCUT2D eigenvalue weighted by Gasteiger charge is -2.65. The van der Waals surface area contributed by atoms with Crippen LogP contribution >= 0.6 is 0 Å². The molecule has 4 fully saturated rings. The van der Waals surface area contributed by atoms with E-state index in [9.17, 15) is 50.2 Å². The molecule has 3 aromatic carbocycles. The molecule has 1 amide bonds. The lowest BCUT2D eigenvalue weighted by atomic mass is 9.50. The van der Waals surface area contributed by atoms with Gasteiger partial charge in [-0.1, -0.05) is 39.0 Å². The summed E-state index contributed by atoms with van der Waals surface area (Å²) in [5, 5.41) is 19.9. The first-order chi connectivity index (χ1) is 22.3. The standard InChI is InChI=1S/C34H33F5N2O6S/c1-33(2,3)21-9-17(8-20(10-21)19-4-5-19)15-40(22-6-7-23(32(44)45)24(42)11-22)25(43)16-41(34-12-18(13-34)14-34)48(46,47)31-29(38)27(36)26(35)28(37)30(31)39/h6-11,18-19,42H,4-5,12-16H2,1-3H3,(H,44,45). The summed E-state index contributed by atoms with van der Waals surface area (Å²) in [4.78, 5) is 24.9. The summed E-state index contributed by atoms with van der Waals surface area (Å²) in [7, 11) is -5.49. The van der Waals surface area contributed by atoms with Crippen LogP contribution in [0.15, 0.2) is 41.3 Å². The maximum absolute atomic E-state index is 14.9. The van der Waals surface area contributed by atoms with E-state index in [1.807, 2.05) is 32.9 Å². The maximum atomic E-state index is 14.9. The zero-order valence-corrected chi connectivity index (χ0v) is 27.1. The smallest absolute Gasteiger partial charge is 0.339 e. The zero-order chi connectivity index (χ0) is 35.1. The Kier molecular flexibility index (Phi) is 8.14. The number of nitrogens with zero attached hydrogens (tertiary/aromatic N) is 2. The average Bonchev–Trinajstić information content (AvgIpc) is 3.81. The minimum atomic E-state index is -5.49. The molecule has 0 spiro atoms. The molecule has 0 heterocycles. The number of benzene rings is 3. The van der Waals surface area contributed by atoms with Gasteiger partial charge in [-0.15, -0.1) is 0 Å². The van der Waals surface area contributed by atoms with Gasteiger partial charge in [-0.25, -0.2) is 35.2 Å². The SMILES string of the molecule is CC(C)(C)c1cc(CN(C(=O)CN(C23CC(C2)C3)S(=O)(=O)c2c(F)c(F)c(F)c(F)c2F)c2ccc(C(=O)O)c(O)c2)cc(C2CC2)c1. The number of carboxylic acids is 1. The van der Waals surface area contributed by atoms with Gasteiger partial charge in [0, 0.05) is 17.3 Å². The van der Waals surface area contributed by atoms with Gasteiger partial charge in [-0.3, -0.25) is 4.79 Å². The van der Waals surface area contributed by atoms with Crippen LogP contribution in [0.4, 0.5) is 27.6 Å². The second kappa shape index (κ2) is 11.5. The third-order valence-corrected chi connectivity index (χ3v) is 11.6. The predicted octanol–water partition coefficient (Wildman–Crippen LogP) is 6.74. The average molecular weight is 693 g/mol. The monoisotopic (exact) mass is 692 g/mol. The molecule has 7 rings (SSSR count). The van der Waals surface area contributed by atoms with E-state index in [0.717, 1.165) is 41.0 Å². The van der Waals surface area contributed by atoms with Crippen LogP contribution in [0.2, 0.25) is 0 Å². The van der Waals surface area contributed by atoms with Gasteiger partial charge in [0.15, 0.2) is 28.2 Å². The quantitative estimate of drug-likeness (QED) is 0.138. The number of rotatable bonds is 10. The first-order valence-electron chi connectivity index (χ1n) is 15.4. The van der Waals surface area contributed by atoms with E-state index in [1.54, 1.807) is 0 Å². The van der Waals surface area contributed by atoms with Crippen molar-refractivity contribution in [3.63, 3.8) is 0 Å². The van der Waals surface area contributed by atoms with E-state index in [0.29, 0.717) is 15.8 Å². The molecule has 3 aromatic rings. The molecule has 256 valence electrons. The topological polar surface area (TPSA) is 115 Å². The van der Waals surface area contributed by atoms with E-state index >= 15 is 0 Å². The van der Waals surface area contributed by atoms with Crippen LogP contribution in [0.25, 0.3) is 0 Å². The summed E-state index contributed by atoms with van der Waals surface area (Å²) in [6, 6.07) is 9.22. The molecule has 0 aromatic heterocycles. The molecule has 0 radical (unpaired) electrons. The second-order valence-electron chi connectivity index (χ2n) is 14.1. The van der Waals surface area contributed by atoms with Gasteiger partial charge in [0.25, 0.3) is 0 Å². The highest BCUT2D eigenvalue weighted by Gasteiger charge is 2.64. The summed E-state index contributed by atoms with van der Waals surface area (Å²) in [5.41, 5.74) is 0.606. The van der Waals surface area contributed by atoms with Crippen molar-refractivity contribution >= 4 is 27.6 Å². The summed E-state index contributed by atoms with van der Waals surface area (Å²) in [5.74, 6) is -15.1. The van der Waals surface area contributed by atoms with Gasteiger partial charge in [-0.2, -0.15) is 4.31 Å². The Hall–Kier alpha value is -4.04. The predicted molar refractivity (Wildman–Crippen MR) is 164 cm³/mol. The Morgan fingerprint density at radius 3 is 1.96 bits per heavy atom. The molecular formula is C34H33F5N2O6S. The molecule has 14 heteroatoms. The molecule has 8 nitrogen and oxygen atoms in total. The number of carboxylic acid groups (broad SMARTS) is 1. The van der Waals surface area contributed by atoms with Gasteiger partial charge in [0.2, 0.25) is 21.7 Å². The Morgan fingerprint density at radius 1 is 0.896 bits per heavy atom. The van der Waals surface area contributed by atoms with Crippen LogP contribution in [-0.4, -0.2) is 46.9 Å². The lowest BCUT2D eigenvalue weighted by Crippen LogP contribution is -2.70. The van der Waals surface area contributed by atoms with Crippen molar-refractivity contribution in [3.05, 3.63) is 87.7 Å². The number of carbonyl (C=O) groups excluding carboxylic acids is 1. The van der Waals surface area contributed by atoms with Crippen molar-refractivity contribution in [1.82, 2.24) is 4.31 Å². The molecule has 4 aliphatic rings. The number of aromatic carboxylic acids is 1. The maximum Gasteiger partial charge on any atom is 0.339 e. The van der Waals surface area contributed by atoms with E-state index < -0.39 is 79.3 Å². The van der Waals surface area contributed by atoms with Crippen LogP contribution in [0.5, 0.6) is 5.75 Å². The number of carbonyl (C=O) groups is 2. The Labute approximate surface area is 273 Å². The molecular weight excluding hydrogens is 659 g/mol. The van der Waals surface area contributed by atoms with Gasteiger partial charge < -0.3 is 15.1 Å². The minimum Gasteiger partial charge on any atom is -0.507 e. The van der Waals surface area contributed by atoms with Crippen molar-refractivity contribution < 1.29 is 50.2 Å². The fourth-order valence-corrected chi connectivity index (χ4v) is 8.51. The highest BCUT2D eigenvalue weighted by molar-refractivity contribution is 7.89. The molecule has 0 atom stereocenters. The van der Waals surface area contributed by atoms with Crippen LogP contribution in [0, 0.1) is 35.0 Å². The number of amides is 1. The van der Waals surface area contributed by atoms with E-state index in [2.05, 4.69) is 6.07 Å². The number of phenols is 1. The molecule has 0 saturated heterocycles. The number of aromatic hydroxyl groups is 1. The van der Waals surface area contributed by atoms with Crippen LogP contribution in [0.3, 0.4) is 0 Å². The van der Waals surface area contributed by atoms with Gasteiger partial charge >= 0.3 is 5.97 Å². The Bertz CT molecular complexity index is 1930. The molecule has 48 heavy (non-hydrogen) atoms. The van der Waals surface area contributed by atoms with Crippen molar-refractivity contribution in [2.75, 3.05) is 11.4 Å². The van der Waals surface area contributed by atoms with Crippen molar-refractivity contribution in [2.45, 2.75) is 81.2 Å². The number of halogens is 5. The highest BCUT2D eigenvalue weighted by atomic mass is 32.2. The van der Waals surface area contributed by atoms with E-state index in [1.165, 1.54) is 6.07 Å². The summed E-state index contributed by atoms with van der Waals surface area (Å²) >= 11 is 0. The largest absolute Gasteiger partial charge is 0.507 e. The molecule has 4 aliphatic carbocycles. The zero-order valence-electron chi connectivity index (χ0n) is 26.3. The van der Waals surface area contributed by atoms with Gasteiger partial charge in [0.1, 0.15) is 11.3 Å². The van der Waals surface area contributed by atoms with Crippen molar-refractivity contribution in [3.8, 4) is 5.75 Å². The number of hydrogen-bond acceptors (Lipinski definition) is 5. The summed E-state index contributed by atoms with van der Waals surface area (Å²) in [6.07, 6.45) is 2.63. The lowest BCUT2D eigenvalue weighted by molar-refractivity contribution is -0.131. The van der Waals surface area contributed by atoms with Gasteiger partial charge in [-0.05, 0) is 78.2 Å². The van der Waals surface area contributed by atoms with Crippen LogP contribution < -0.4 is 4.90 Å². The molecule has 0 aliphatic heterocycles. The van der Waals surface area contributed by atoms with E-state index in [4.69, 9.17) is 0 Å². The van der Waals surface area contributed by atoms with Crippen molar-refractivity contribution in [2.24, 2.45) is 5.92 Å². The normalized spacial score (nSPS) is 20.3. The number of anilines is 1. The molecule has 0 unspecified atom stereocenters. The number of sulfonamides is 1. The first kappa shape index (κ1) is 33.8. The van der Waals surface area contributed by atoms with Gasteiger partial charge in [0.05, 0.1) is 13.1 Å². The third-order valence-electron chi connectivity index (χ3n) is 9.63. The third kappa shape index (κ3) is 5.72. The Morgan fingerprint density at radius 2 is 1.48 bits per heavy atom. The summed E-state index contributed by atoms with van der Waals surface area (Å²) in [6.45, 7) is 4.83. The first-order valence-corrected chi connectivity index (χ1v) is 16.8. The van der Waals surface area contributed by atoms with Crippen LogP contribution in [-0.2, 0) is 26.8 Å². The minimum absolute atomic E-state index is 0.0113. The second-order valence-corrected chi connectivity index (χ2v) is 15.9. The summed E-state index contributed by atoms with van der Waals surface area (Å²) < 4.78 is 100. The fraction of sp³-hybridized carbons (Fsp3) is 0.412. The highest BCUT2D eigenvalue weighted by Crippen LogP contribution is 2.62. The van der Waals surface area contributed by atoms with E-state index in [-0.39, 0.29) is 42.8 Å². The molecule has 4 saturated carbocycles. The number of hydrogen-bond donors (Lipinski definition) is 2.